The van der Waals surface area contributed by atoms with Crippen LogP contribution < -0.4 is 33.0 Å². The third-order valence-corrected chi connectivity index (χ3v) is 12.2. The van der Waals surface area contributed by atoms with Crippen LogP contribution in [0.25, 0.3) is 0 Å². The van der Waals surface area contributed by atoms with Crippen molar-refractivity contribution in [3.05, 3.63) is 120 Å². The predicted molar refractivity (Wildman–Crippen MR) is 310 cm³/mol. The fourth-order valence-corrected chi connectivity index (χ4v) is 7.33. The normalized spacial score (nSPS) is 11.1. The third-order valence-electron chi connectivity index (χ3n) is 12.2. The fourth-order valence-electron chi connectivity index (χ4n) is 7.33. The van der Waals surface area contributed by atoms with Crippen LogP contribution in [0.2, 0.25) is 0 Å². The molecule has 1 aromatic heterocycles. The SMILES string of the molecule is C=CC(=O)OCC(C)OC(=O)NCCCCCCn1c(=O)n(CCCCCCNC(=O)OCC(COC(=O)C=C)(COC(=O)C=C)COC(=O)C=C)c(=O)n(CCCCCCNC(=O)OCC(COC(=O)C=C)(COC(=O)C=C)COC(=O)C=C)c1=O. The van der Waals surface area contributed by atoms with E-state index in [9.17, 15) is 62.3 Å². The Morgan fingerprint density at radius 3 is 0.851 bits per heavy atom. The molecule has 1 unspecified atom stereocenters. The average Bonchev–Trinajstić information content (AvgIpc) is 2.04. The largest absolute Gasteiger partial charge is 0.462 e. The molecule has 0 saturated carbocycles. The van der Waals surface area contributed by atoms with Gasteiger partial charge in [0.15, 0.2) is 0 Å². The molecule has 0 aliphatic carbocycles. The summed E-state index contributed by atoms with van der Waals surface area (Å²) in [7, 11) is 0. The summed E-state index contributed by atoms with van der Waals surface area (Å²) in [6.07, 6.45) is 8.57. The number of amides is 3. The zero-order valence-electron chi connectivity index (χ0n) is 49.4. The Bertz CT molecular complexity index is 2460. The number of hydrogen-bond donors (Lipinski definition) is 3. The van der Waals surface area contributed by atoms with E-state index in [1.165, 1.54) is 0 Å². The highest BCUT2D eigenvalue weighted by Gasteiger charge is 2.39. The molecule has 482 valence electrons. The van der Waals surface area contributed by atoms with Crippen LogP contribution in [-0.4, -0.2) is 159 Å². The lowest BCUT2D eigenvalue weighted by atomic mass is 9.92. The van der Waals surface area contributed by atoms with E-state index in [1.54, 1.807) is 6.92 Å². The van der Waals surface area contributed by atoms with Crippen LogP contribution >= 0.6 is 0 Å². The maximum atomic E-state index is 13.8. The van der Waals surface area contributed by atoms with E-state index >= 15 is 0 Å². The van der Waals surface area contributed by atoms with Crippen molar-refractivity contribution in [3.63, 3.8) is 0 Å². The van der Waals surface area contributed by atoms with Gasteiger partial charge in [-0.3, -0.25) is 0 Å². The molecular formula is C58H82N6O23. The minimum absolute atomic E-state index is 0.0139. The van der Waals surface area contributed by atoms with E-state index in [0.717, 1.165) is 56.2 Å². The van der Waals surface area contributed by atoms with Crippen molar-refractivity contribution in [2.75, 3.05) is 79.1 Å². The first-order valence-corrected chi connectivity index (χ1v) is 27.8. The van der Waals surface area contributed by atoms with Crippen LogP contribution in [-0.2, 0) is 101 Å². The van der Waals surface area contributed by atoms with Gasteiger partial charge in [0.05, 0.1) is 0 Å². The lowest BCUT2D eigenvalue weighted by Gasteiger charge is -2.31. The van der Waals surface area contributed by atoms with Crippen LogP contribution in [0.15, 0.2) is 103 Å². The Hall–Kier alpha value is -9.31. The van der Waals surface area contributed by atoms with Gasteiger partial charge in [0.2, 0.25) is 0 Å². The Balaban J connectivity index is 3.06. The Morgan fingerprint density at radius 1 is 0.356 bits per heavy atom. The highest BCUT2D eigenvalue weighted by molar-refractivity contribution is 5.83. The van der Waals surface area contributed by atoms with Gasteiger partial charge in [-0.15, -0.1) is 0 Å². The Kier molecular flexibility index (Phi) is 37.7. The van der Waals surface area contributed by atoms with Crippen LogP contribution in [0.3, 0.4) is 0 Å². The van der Waals surface area contributed by atoms with E-state index < -0.39 is 147 Å². The molecule has 3 amide bonds. The fraction of sp³-hybridized carbons (Fsp3) is 0.534. The van der Waals surface area contributed by atoms with E-state index in [-0.39, 0.29) is 45.9 Å². The van der Waals surface area contributed by atoms with Crippen molar-refractivity contribution >= 4 is 60.1 Å². The first-order valence-electron chi connectivity index (χ1n) is 27.8. The quantitative estimate of drug-likeness (QED) is 0.0364. The second-order valence-electron chi connectivity index (χ2n) is 19.4. The molecule has 0 saturated heterocycles. The minimum atomic E-state index is -1.54. The van der Waals surface area contributed by atoms with Gasteiger partial charge in [-0.1, -0.05) is 84.6 Å². The lowest BCUT2D eigenvalue weighted by Crippen LogP contribution is -2.54. The zero-order chi connectivity index (χ0) is 65.0. The summed E-state index contributed by atoms with van der Waals surface area (Å²) in [4.78, 5) is 162. The summed E-state index contributed by atoms with van der Waals surface area (Å²) in [6.45, 7) is 20.9. The van der Waals surface area contributed by atoms with Crippen molar-refractivity contribution in [1.82, 2.24) is 29.7 Å². The number of carbonyl (C=O) groups is 10. The van der Waals surface area contributed by atoms with Gasteiger partial charge in [0, 0.05) is 81.8 Å². The van der Waals surface area contributed by atoms with Crippen LogP contribution in [0.4, 0.5) is 14.4 Å². The molecule has 0 spiro atoms. The summed E-state index contributed by atoms with van der Waals surface area (Å²) >= 11 is 0. The smallest absolute Gasteiger partial charge is 0.407 e. The molecule has 0 aromatic carbocycles. The molecule has 3 N–H and O–H groups in total. The molecule has 87 heavy (non-hydrogen) atoms. The summed E-state index contributed by atoms with van der Waals surface area (Å²) in [5.41, 5.74) is -5.46. The average molecular weight is 1230 g/mol. The molecule has 29 nitrogen and oxygen atoms in total. The van der Waals surface area contributed by atoms with Crippen LogP contribution in [0, 0.1) is 10.8 Å². The number of esters is 7. The number of nitrogens with zero attached hydrogens (tertiary/aromatic N) is 3. The number of rotatable bonds is 47. The monoisotopic (exact) mass is 1230 g/mol. The molecule has 1 rings (SSSR count). The predicted octanol–water partition coefficient (Wildman–Crippen LogP) is 3.50. The first kappa shape index (κ1) is 75.7. The molecule has 0 radical (unpaired) electrons. The van der Waals surface area contributed by atoms with Crippen molar-refractivity contribution in [3.8, 4) is 0 Å². The summed E-state index contributed by atoms with van der Waals surface area (Å²) in [5, 5.41) is 7.76. The van der Waals surface area contributed by atoms with Crippen molar-refractivity contribution in [2.45, 2.75) is 110 Å². The molecule has 0 aliphatic heterocycles. The van der Waals surface area contributed by atoms with Gasteiger partial charge in [0.1, 0.15) is 76.4 Å². The van der Waals surface area contributed by atoms with Gasteiger partial charge in [-0.05, 0) is 45.4 Å². The van der Waals surface area contributed by atoms with Crippen LogP contribution in [0.5, 0.6) is 0 Å². The highest BCUT2D eigenvalue weighted by atomic mass is 16.6. The minimum Gasteiger partial charge on any atom is -0.462 e. The maximum Gasteiger partial charge on any atom is 0.407 e. The molecule has 0 fully saturated rings. The second kappa shape index (κ2) is 43.3. The number of carbonyl (C=O) groups excluding carboxylic acids is 10. The topological polar surface area (TPSA) is 365 Å². The second-order valence-corrected chi connectivity index (χ2v) is 19.4. The maximum absolute atomic E-state index is 13.8. The van der Waals surface area contributed by atoms with Crippen molar-refractivity contribution < 1.29 is 95.3 Å². The highest BCUT2D eigenvalue weighted by Crippen LogP contribution is 2.23. The number of nitrogens with one attached hydrogen (secondary N) is 3. The molecule has 1 aromatic rings. The first-order chi connectivity index (χ1) is 41.6. The van der Waals surface area contributed by atoms with Gasteiger partial charge < -0.3 is 63.3 Å². The standard InChI is InChI=1S/C58H82N6O23/c1-9-44(65)78-34-43(8)87-53(74)61-30-24-18-21-27-33-64-55(76)62(31-25-19-16-22-28-59-51(72)85-41-57(35-79-45(66)10-2,36-80-46(67)11-3)37-81-47(68)12-4)54(75)63(56(64)77)32-26-20-17-23-29-60-52(73)86-42-58(38-82-48(69)13-5,39-83-49(70)14-6)40-84-50(71)15-7/h9-15,43H,1-7,16-42H2,8H3,(H,59,72)(H,60,73)(H,61,74). The van der Waals surface area contributed by atoms with E-state index in [0.29, 0.717) is 77.0 Å². The van der Waals surface area contributed by atoms with E-state index in [2.05, 4.69) is 62.0 Å². The molecule has 1 heterocycles. The summed E-state index contributed by atoms with van der Waals surface area (Å²) in [5.74, 6) is -5.77. The number of alkyl carbamates (subject to hydrolysis) is 3. The van der Waals surface area contributed by atoms with Gasteiger partial charge in [0.25, 0.3) is 0 Å². The van der Waals surface area contributed by atoms with Crippen molar-refractivity contribution in [2.24, 2.45) is 10.8 Å². The van der Waals surface area contributed by atoms with Crippen molar-refractivity contribution in [1.29, 1.82) is 0 Å². The van der Waals surface area contributed by atoms with Gasteiger partial charge >= 0.3 is 77.1 Å². The molecule has 0 aliphatic rings. The van der Waals surface area contributed by atoms with Gasteiger partial charge in [-0.25, -0.2) is 76.0 Å². The molecule has 29 heteroatoms. The number of aromatic nitrogens is 3. The van der Waals surface area contributed by atoms with E-state index in [1.807, 2.05) is 0 Å². The van der Waals surface area contributed by atoms with Crippen LogP contribution in [0.1, 0.15) is 84.0 Å². The zero-order valence-corrected chi connectivity index (χ0v) is 49.4. The molecule has 1 atom stereocenters. The van der Waals surface area contributed by atoms with Gasteiger partial charge in [-0.2, -0.15) is 0 Å². The summed E-state index contributed by atoms with van der Waals surface area (Å²) in [6, 6.07) is 0. The molecule has 0 bridgehead atoms. The summed E-state index contributed by atoms with van der Waals surface area (Å²) < 4.78 is 54.6. The lowest BCUT2D eigenvalue weighted by molar-refractivity contribution is -0.161. The number of unbranched alkanes of at least 4 members (excludes halogenated alkanes) is 9. The number of hydrogen-bond acceptors (Lipinski definition) is 23. The molecular weight excluding hydrogens is 1150 g/mol. The Labute approximate surface area is 503 Å². The number of ether oxygens (including phenoxy) is 10. The Morgan fingerprint density at radius 2 is 0.586 bits per heavy atom. The third kappa shape index (κ3) is 32.0. The van der Waals surface area contributed by atoms with E-state index in [4.69, 9.17) is 47.4 Å².